The van der Waals surface area contributed by atoms with E-state index >= 15 is 0 Å². The first-order valence-electron chi connectivity index (χ1n) is 7.38. The minimum Gasteiger partial charge on any atom is -0.339 e. The van der Waals surface area contributed by atoms with Crippen LogP contribution in [-0.2, 0) is 0 Å². The molecular formula is C17H14F3N5. The maximum Gasteiger partial charge on any atom is 0.249 e. The Kier molecular flexibility index (Phi) is 4.51. The first kappa shape index (κ1) is 16.7. The van der Waals surface area contributed by atoms with Crippen LogP contribution in [0.2, 0.25) is 0 Å². The quantitative estimate of drug-likeness (QED) is 0.687. The van der Waals surface area contributed by atoms with Crippen molar-refractivity contribution in [1.82, 2.24) is 15.2 Å². The molecular weight excluding hydrogens is 331 g/mol. The van der Waals surface area contributed by atoms with Gasteiger partial charge >= 0.3 is 0 Å². The normalized spacial score (nSPS) is 10.6. The maximum absolute atomic E-state index is 13.7. The highest BCUT2D eigenvalue weighted by atomic mass is 19.2. The predicted octanol–water partition coefficient (Wildman–Crippen LogP) is 4.39. The highest BCUT2D eigenvalue weighted by Crippen LogP contribution is 2.23. The Labute approximate surface area is 141 Å². The third-order valence-corrected chi connectivity index (χ3v) is 3.49. The van der Waals surface area contributed by atoms with Crippen LogP contribution in [0, 0.1) is 31.3 Å². The molecule has 5 nitrogen and oxygen atoms in total. The second-order valence-electron chi connectivity index (χ2n) is 5.46. The number of aromatic nitrogens is 3. The summed E-state index contributed by atoms with van der Waals surface area (Å²) in [7, 11) is 0. The van der Waals surface area contributed by atoms with Crippen molar-refractivity contribution < 1.29 is 13.2 Å². The molecule has 0 aliphatic rings. The van der Waals surface area contributed by atoms with Gasteiger partial charge in [-0.1, -0.05) is 17.7 Å². The fourth-order valence-electron chi connectivity index (χ4n) is 2.25. The molecule has 0 saturated heterocycles. The Morgan fingerprint density at radius 3 is 2.40 bits per heavy atom. The summed E-state index contributed by atoms with van der Waals surface area (Å²) in [5.41, 5.74) is 2.68. The summed E-state index contributed by atoms with van der Waals surface area (Å²) in [6.07, 6.45) is 1.39. The van der Waals surface area contributed by atoms with E-state index in [0.717, 1.165) is 28.9 Å². The van der Waals surface area contributed by atoms with Crippen LogP contribution in [0.25, 0.3) is 0 Å². The van der Waals surface area contributed by atoms with Gasteiger partial charge < -0.3 is 10.6 Å². The Morgan fingerprint density at radius 2 is 1.64 bits per heavy atom. The summed E-state index contributed by atoms with van der Waals surface area (Å²) in [5.74, 6) is -3.88. The summed E-state index contributed by atoms with van der Waals surface area (Å²) in [6.45, 7) is 3.93. The highest BCUT2D eigenvalue weighted by molar-refractivity contribution is 5.62. The molecule has 1 heterocycles. The molecule has 0 saturated carbocycles. The SMILES string of the molecule is Cc1ccc(Nc2cnnc(Nc3ccc(F)c(F)c3F)n2)c(C)c1. The molecule has 0 fully saturated rings. The Bertz CT molecular complexity index is 930. The number of anilines is 4. The molecule has 0 amide bonds. The van der Waals surface area contributed by atoms with Gasteiger partial charge in [0, 0.05) is 5.69 Å². The van der Waals surface area contributed by atoms with Crippen molar-refractivity contribution in [3.63, 3.8) is 0 Å². The third kappa shape index (κ3) is 3.68. The van der Waals surface area contributed by atoms with Crippen LogP contribution in [0.5, 0.6) is 0 Å². The number of nitrogens with zero attached hydrogens (tertiary/aromatic N) is 3. The average molecular weight is 345 g/mol. The average Bonchev–Trinajstić information content (AvgIpc) is 2.58. The Balaban J connectivity index is 1.83. The first-order chi connectivity index (χ1) is 11.9. The number of nitrogens with one attached hydrogen (secondary N) is 2. The number of rotatable bonds is 4. The zero-order valence-electron chi connectivity index (χ0n) is 13.4. The lowest BCUT2D eigenvalue weighted by Gasteiger charge is -2.11. The van der Waals surface area contributed by atoms with Crippen LogP contribution in [0.3, 0.4) is 0 Å². The van der Waals surface area contributed by atoms with Gasteiger partial charge in [0.1, 0.15) is 0 Å². The van der Waals surface area contributed by atoms with Gasteiger partial charge in [0.25, 0.3) is 0 Å². The number of halogens is 3. The molecule has 2 N–H and O–H groups in total. The Morgan fingerprint density at radius 1 is 0.880 bits per heavy atom. The number of hydrogen-bond donors (Lipinski definition) is 2. The van der Waals surface area contributed by atoms with Crippen molar-refractivity contribution in [1.29, 1.82) is 0 Å². The Hall–Kier alpha value is -3.16. The fourth-order valence-corrected chi connectivity index (χ4v) is 2.25. The zero-order valence-corrected chi connectivity index (χ0v) is 13.4. The van der Waals surface area contributed by atoms with E-state index in [1.54, 1.807) is 0 Å². The van der Waals surface area contributed by atoms with Crippen LogP contribution >= 0.6 is 0 Å². The van der Waals surface area contributed by atoms with Crippen molar-refractivity contribution in [2.24, 2.45) is 0 Å². The molecule has 0 aliphatic heterocycles. The summed E-state index contributed by atoms with van der Waals surface area (Å²) in [5, 5.41) is 13.0. The smallest absolute Gasteiger partial charge is 0.249 e. The summed E-state index contributed by atoms with van der Waals surface area (Å²) < 4.78 is 40.0. The number of benzene rings is 2. The van der Waals surface area contributed by atoms with Gasteiger partial charge in [-0.05, 0) is 37.6 Å². The summed E-state index contributed by atoms with van der Waals surface area (Å²) in [6, 6.07) is 7.72. The fraction of sp³-hybridized carbons (Fsp3) is 0.118. The lowest BCUT2D eigenvalue weighted by atomic mass is 10.1. The zero-order chi connectivity index (χ0) is 18.0. The topological polar surface area (TPSA) is 62.7 Å². The number of hydrogen-bond acceptors (Lipinski definition) is 5. The molecule has 0 bridgehead atoms. The van der Waals surface area contributed by atoms with Gasteiger partial charge in [-0.25, -0.2) is 13.2 Å². The van der Waals surface area contributed by atoms with Gasteiger partial charge in [0.2, 0.25) is 5.95 Å². The van der Waals surface area contributed by atoms with Gasteiger partial charge in [0.15, 0.2) is 23.3 Å². The molecule has 2 aromatic carbocycles. The largest absolute Gasteiger partial charge is 0.339 e. The van der Waals surface area contributed by atoms with E-state index in [-0.39, 0.29) is 11.6 Å². The molecule has 3 aromatic rings. The predicted molar refractivity (Wildman–Crippen MR) is 88.6 cm³/mol. The second-order valence-corrected chi connectivity index (χ2v) is 5.46. The summed E-state index contributed by atoms with van der Waals surface area (Å²) in [4.78, 5) is 4.14. The van der Waals surface area contributed by atoms with E-state index in [1.807, 2.05) is 32.0 Å². The van der Waals surface area contributed by atoms with E-state index in [2.05, 4.69) is 25.8 Å². The second kappa shape index (κ2) is 6.76. The highest BCUT2D eigenvalue weighted by Gasteiger charge is 2.14. The van der Waals surface area contributed by atoms with Crippen molar-refractivity contribution >= 4 is 23.1 Å². The first-order valence-corrected chi connectivity index (χ1v) is 7.38. The van der Waals surface area contributed by atoms with Gasteiger partial charge in [0.05, 0.1) is 11.9 Å². The molecule has 0 radical (unpaired) electrons. The molecule has 1 aromatic heterocycles. The van der Waals surface area contributed by atoms with Crippen LogP contribution in [0.15, 0.2) is 36.5 Å². The van der Waals surface area contributed by atoms with Gasteiger partial charge in [-0.15, -0.1) is 5.10 Å². The minimum absolute atomic E-state index is 0.0559. The standard InChI is InChI=1S/C17H14F3N5/c1-9-3-5-12(10(2)7-9)22-14-8-21-25-17(24-14)23-13-6-4-11(18)15(19)16(13)20/h3-8H,1-2H3,(H2,22,23,24,25). The van der Waals surface area contributed by atoms with Crippen molar-refractivity contribution in [3.8, 4) is 0 Å². The van der Waals surface area contributed by atoms with E-state index < -0.39 is 17.5 Å². The van der Waals surface area contributed by atoms with E-state index in [4.69, 9.17) is 0 Å². The van der Waals surface area contributed by atoms with Gasteiger partial charge in [-0.2, -0.15) is 10.1 Å². The maximum atomic E-state index is 13.7. The molecule has 0 unspecified atom stereocenters. The van der Waals surface area contributed by atoms with E-state index in [1.165, 1.54) is 6.20 Å². The monoisotopic (exact) mass is 345 g/mol. The molecule has 25 heavy (non-hydrogen) atoms. The summed E-state index contributed by atoms with van der Waals surface area (Å²) >= 11 is 0. The lowest BCUT2D eigenvalue weighted by Crippen LogP contribution is -2.05. The molecule has 0 spiro atoms. The van der Waals surface area contributed by atoms with E-state index in [0.29, 0.717) is 5.82 Å². The van der Waals surface area contributed by atoms with Crippen LogP contribution in [0.4, 0.5) is 36.3 Å². The molecule has 0 aliphatic carbocycles. The van der Waals surface area contributed by atoms with Crippen LogP contribution in [-0.4, -0.2) is 15.2 Å². The van der Waals surface area contributed by atoms with Crippen LogP contribution < -0.4 is 10.6 Å². The van der Waals surface area contributed by atoms with E-state index in [9.17, 15) is 13.2 Å². The molecule has 3 rings (SSSR count). The number of aryl methyl sites for hydroxylation is 2. The van der Waals surface area contributed by atoms with Crippen LogP contribution in [0.1, 0.15) is 11.1 Å². The minimum atomic E-state index is -1.57. The van der Waals surface area contributed by atoms with Crippen molar-refractivity contribution in [3.05, 3.63) is 65.1 Å². The molecule has 0 atom stereocenters. The van der Waals surface area contributed by atoms with Gasteiger partial charge in [-0.3, -0.25) is 0 Å². The molecule has 8 heteroatoms. The van der Waals surface area contributed by atoms with Crippen molar-refractivity contribution in [2.75, 3.05) is 10.6 Å². The van der Waals surface area contributed by atoms with Crippen molar-refractivity contribution in [2.45, 2.75) is 13.8 Å². The third-order valence-electron chi connectivity index (χ3n) is 3.49. The lowest BCUT2D eigenvalue weighted by molar-refractivity contribution is 0.449. The molecule has 128 valence electrons.